The lowest BCUT2D eigenvalue weighted by Crippen LogP contribution is -2.49. The zero-order valence-electron chi connectivity index (χ0n) is 20.2. The molecule has 3 N–H and O–H groups in total. The Morgan fingerprint density at radius 3 is 2.00 bits per heavy atom. The number of likely N-dealkylation sites (tertiary alicyclic amines) is 1. The summed E-state index contributed by atoms with van der Waals surface area (Å²) in [6, 6.07) is 29.3. The van der Waals surface area contributed by atoms with Crippen LogP contribution in [0, 0.1) is 5.92 Å². The summed E-state index contributed by atoms with van der Waals surface area (Å²) in [4.78, 5) is 15.7. The molecule has 0 saturated carbocycles. The van der Waals surface area contributed by atoms with Crippen LogP contribution in [0.5, 0.6) is 0 Å². The van der Waals surface area contributed by atoms with Gasteiger partial charge in [-0.25, -0.2) is 0 Å². The van der Waals surface area contributed by atoms with E-state index >= 15 is 0 Å². The van der Waals surface area contributed by atoms with E-state index in [1.807, 2.05) is 43.4 Å². The van der Waals surface area contributed by atoms with Gasteiger partial charge in [-0.15, -0.1) is 0 Å². The van der Waals surface area contributed by atoms with Gasteiger partial charge in [0.15, 0.2) is 0 Å². The van der Waals surface area contributed by atoms with E-state index in [9.17, 15) is 4.79 Å². The Bertz CT molecular complexity index is 994. The number of nitrogens with two attached hydrogens (primary N) is 1. The number of benzene rings is 3. The number of carbonyl (C=O) groups excluding carboxylic acids is 1. The second-order valence-electron chi connectivity index (χ2n) is 9.46. The molecular weight excluding hydrogens is 418 g/mol. The van der Waals surface area contributed by atoms with Crippen LogP contribution >= 0.6 is 0 Å². The van der Waals surface area contributed by atoms with E-state index < -0.39 is 5.41 Å². The van der Waals surface area contributed by atoms with Crippen molar-refractivity contribution < 1.29 is 4.79 Å². The number of hydrogen-bond donors (Lipinski definition) is 2. The second kappa shape index (κ2) is 11.5. The number of aryl methyl sites for hydroxylation is 1. The van der Waals surface area contributed by atoms with E-state index in [-0.39, 0.29) is 11.8 Å². The summed E-state index contributed by atoms with van der Waals surface area (Å²) in [5.41, 5.74) is 10.2. The maximum atomic E-state index is 13.2. The molecule has 1 amide bonds. The first-order valence-corrected chi connectivity index (χ1v) is 12.5. The van der Waals surface area contributed by atoms with Crippen molar-refractivity contribution in [3.05, 3.63) is 107 Å². The number of carbonyl (C=O) groups is 1. The third kappa shape index (κ3) is 5.24. The predicted molar refractivity (Wildman–Crippen MR) is 140 cm³/mol. The Kier molecular flexibility index (Phi) is 8.15. The van der Waals surface area contributed by atoms with Gasteiger partial charge in [0.1, 0.15) is 5.41 Å². The van der Waals surface area contributed by atoms with E-state index in [1.165, 1.54) is 11.1 Å². The Labute approximate surface area is 204 Å². The minimum Gasteiger partial charge on any atom is -0.369 e. The van der Waals surface area contributed by atoms with Crippen molar-refractivity contribution in [3.63, 3.8) is 0 Å². The summed E-state index contributed by atoms with van der Waals surface area (Å²) >= 11 is 0. The van der Waals surface area contributed by atoms with Crippen LogP contribution in [-0.2, 0) is 23.1 Å². The molecule has 1 fully saturated rings. The molecule has 0 unspecified atom stereocenters. The molecule has 0 aliphatic carbocycles. The number of nitrogens with one attached hydrogen (secondary N) is 1. The highest BCUT2D eigenvalue weighted by Gasteiger charge is 2.49. The molecule has 0 radical (unpaired) electrons. The van der Waals surface area contributed by atoms with E-state index in [1.54, 1.807) is 0 Å². The molecular formula is C30H37N3O. The Morgan fingerprint density at radius 2 is 1.47 bits per heavy atom. The summed E-state index contributed by atoms with van der Waals surface area (Å²) in [6.07, 6.45) is 4.22. The average Bonchev–Trinajstić information content (AvgIpc) is 3.34. The first kappa shape index (κ1) is 24.2. The van der Waals surface area contributed by atoms with Gasteiger partial charge >= 0.3 is 0 Å². The van der Waals surface area contributed by atoms with Crippen LogP contribution in [-0.4, -0.2) is 44.0 Å². The fourth-order valence-electron chi connectivity index (χ4n) is 5.56. The summed E-state index contributed by atoms with van der Waals surface area (Å²) in [5.74, 6) is -0.101. The Hall–Kier alpha value is -2.95. The van der Waals surface area contributed by atoms with E-state index in [0.29, 0.717) is 0 Å². The van der Waals surface area contributed by atoms with Crippen LogP contribution in [0.25, 0.3) is 0 Å². The monoisotopic (exact) mass is 455 g/mol. The largest absolute Gasteiger partial charge is 0.369 e. The third-order valence-electron chi connectivity index (χ3n) is 7.36. The highest BCUT2D eigenvalue weighted by molar-refractivity contribution is 5.91. The highest BCUT2D eigenvalue weighted by atomic mass is 16.1. The van der Waals surface area contributed by atoms with Crippen LogP contribution < -0.4 is 11.1 Å². The van der Waals surface area contributed by atoms with Gasteiger partial charge in [0.25, 0.3) is 0 Å². The first-order valence-electron chi connectivity index (χ1n) is 12.5. The first-order chi connectivity index (χ1) is 16.6. The summed E-state index contributed by atoms with van der Waals surface area (Å²) in [6.45, 7) is 3.93. The highest BCUT2D eigenvalue weighted by Crippen LogP contribution is 2.43. The van der Waals surface area contributed by atoms with Crippen LogP contribution in [0.3, 0.4) is 0 Å². The number of primary amides is 1. The molecule has 178 valence electrons. The molecule has 3 aromatic rings. The maximum absolute atomic E-state index is 13.2. The zero-order chi connectivity index (χ0) is 23.8. The molecule has 1 heterocycles. The molecule has 1 atom stereocenters. The van der Waals surface area contributed by atoms with Crippen LogP contribution in [0.15, 0.2) is 84.9 Å². The lowest BCUT2D eigenvalue weighted by atomic mass is 9.64. The van der Waals surface area contributed by atoms with E-state index in [2.05, 4.69) is 58.7 Å². The molecule has 0 aromatic heterocycles. The molecule has 4 rings (SSSR count). The van der Waals surface area contributed by atoms with Crippen molar-refractivity contribution in [2.45, 2.75) is 31.1 Å². The van der Waals surface area contributed by atoms with Crippen molar-refractivity contribution in [1.82, 2.24) is 10.2 Å². The smallest absolute Gasteiger partial charge is 0.232 e. The van der Waals surface area contributed by atoms with Crippen LogP contribution in [0.2, 0.25) is 0 Å². The van der Waals surface area contributed by atoms with Gasteiger partial charge < -0.3 is 16.0 Å². The van der Waals surface area contributed by atoms with Gasteiger partial charge in [-0.3, -0.25) is 4.79 Å². The topological polar surface area (TPSA) is 58.4 Å². The van der Waals surface area contributed by atoms with Crippen LogP contribution in [0.1, 0.15) is 35.1 Å². The average molecular weight is 456 g/mol. The molecule has 1 aliphatic rings. The SMILES string of the molecule is CNCCc1ccc(CCCN2CC[C@@H](C(C(N)=O)(c3ccccc3)c3ccccc3)C2)cc1. The lowest BCUT2D eigenvalue weighted by Gasteiger charge is -2.37. The molecule has 0 bridgehead atoms. The Balaban J connectivity index is 1.44. The lowest BCUT2D eigenvalue weighted by molar-refractivity contribution is -0.123. The Morgan fingerprint density at radius 1 is 0.912 bits per heavy atom. The number of likely N-dealkylation sites (N-methyl/N-ethyl adjacent to an activating group) is 1. The number of rotatable bonds is 11. The molecule has 4 nitrogen and oxygen atoms in total. The molecule has 0 spiro atoms. The fraction of sp³-hybridized carbons (Fsp3) is 0.367. The van der Waals surface area contributed by atoms with Crippen LogP contribution in [0.4, 0.5) is 0 Å². The van der Waals surface area contributed by atoms with Gasteiger partial charge in [0.2, 0.25) is 5.91 Å². The molecule has 1 aliphatic heterocycles. The van der Waals surface area contributed by atoms with Gasteiger partial charge in [-0.1, -0.05) is 84.9 Å². The van der Waals surface area contributed by atoms with Gasteiger partial charge in [-0.2, -0.15) is 0 Å². The molecule has 34 heavy (non-hydrogen) atoms. The maximum Gasteiger partial charge on any atom is 0.232 e. The minimum absolute atomic E-state index is 0.154. The predicted octanol–water partition coefficient (Wildman–Crippen LogP) is 4.17. The normalized spacial score (nSPS) is 16.6. The molecule has 4 heteroatoms. The van der Waals surface area contributed by atoms with Gasteiger partial charge in [0.05, 0.1) is 0 Å². The van der Waals surface area contributed by atoms with E-state index in [4.69, 9.17) is 5.73 Å². The standard InChI is InChI=1S/C30H37N3O/c1-32-20-18-25-16-14-24(15-17-25)9-8-21-33-22-19-28(23-33)30(29(31)34,26-10-4-2-5-11-26)27-12-6-3-7-13-27/h2-7,10-17,28,32H,8-9,18-23H2,1H3,(H2,31,34)/t28-/m1/s1. The number of nitrogens with zero attached hydrogens (tertiary/aromatic N) is 1. The zero-order valence-corrected chi connectivity index (χ0v) is 20.2. The summed E-state index contributed by atoms with van der Waals surface area (Å²) in [5, 5.41) is 3.20. The quantitative estimate of drug-likeness (QED) is 0.456. The number of amides is 1. The summed E-state index contributed by atoms with van der Waals surface area (Å²) in [7, 11) is 1.99. The van der Waals surface area contributed by atoms with Crippen molar-refractivity contribution in [1.29, 1.82) is 0 Å². The van der Waals surface area contributed by atoms with E-state index in [0.717, 1.165) is 63.0 Å². The second-order valence-corrected chi connectivity index (χ2v) is 9.46. The third-order valence-corrected chi connectivity index (χ3v) is 7.36. The van der Waals surface area contributed by atoms with Gasteiger partial charge in [-0.05, 0) is 80.5 Å². The minimum atomic E-state index is -0.805. The van der Waals surface area contributed by atoms with Crippen molar-refractivity contribution >= 4 is 5.91 Å². The summed E-state index contributed by atoms with van der Waals surface area (Å²) < 4.78 is 0. The van der Waals surface area contributed by atoms with Crippen molar-refractivity contribution in [3.8, 4) is 0 Å². The molecule has 1 saturated heterocycles. The fourth-order valence-corrected chi connectivity index (χ4v) is 5.56. The van der Waals surface area contributed by atoms with Crippen molar-refractivity contribution in [2.24, 2.45) is 11.7 Å². The van der Waals surface area contributed by atoms with Gasteiger partial charge in [0, 0.05) is 6.54 Å². The number of hydrogen-bond acceptors (Lipinski definition) is 3. The molecule has 3 aromatic carbocycles. The van der Waals surface area contributed by atoms with Crippen molar-refractivity contribution in [2.75, 3.05) is 33.2 Å².